The van der Waals surface area contributed by atoms with E-state index in [2.05, 4.69) is 54.0 Å². The molecule has 0 aromatic carbocycles. The maximum Gasteiger partial charge on any atom is 0.111 e. The van der Waals surface area contributed by atoms with Crippen molar-refractivity contribution in [2.75, 3.05) is 25.5 Å². The SMILES string of the molecule is CC1=C(N(C)c2cccnc2)N(C)CC=C1. The van der Waals surface area contributed by atoms with E-state index in [9.17, 15) is 0 Å². The number of anilines is 1. The van der Waals surface area contributed by atoms with Crippen molar-refractivity contribution in [3.05, 3.63) is 48.1 Å². The van der Waals surface area contributed by atoms with Crippen LogP contribution in [-0.2, 0) is 0 Å². The van der Waals surface area contributed by atoms with Crippen LogP contribution in [0, 0.1) is 0 Å². The minimum atomic E-state index is 0.956. The average molecular weight is 215 g/mol. The molecule has 1 aliphatic rings. The van der Waals surface area contributed by atoms with Crippen molar-refractivity contribution in [3.8, 4) is 0 Å². The summed E-state index contributed by atoms with van der Waals surface area (Å²) in [6.07, 6.45) is 8.02. The van der Waals surface area contributed by atoms with Gasteiger partial charge in [-0.25, -0.2) is 0 Å². The van der Waals surface area contributed by atoms with Crippen LogP contribution in [0.5, 0.6) is 0 Å². The Morgan fingerprint density at radius 3 is 2.88 bits per heavy atom. The number of aromatic nitrogens is 1. The Balaban J connectivity index is 2.34. The molecule has 2 heterocycles. The first-order valence-electron chi connectivity index (χ1n) is 5.42. The molecule has 3 nitrogen and oxygen atoms in total. The summed E-state index contributed by atoms with van der Waals surface area (Å²) in [7, 11) is 4.18. The van der Waals surface area contributed by atoms with Crippen LogP contribution in [0.15, 0.2) is 48.1 Å². The van der Waals surface area contributed by atoms with Crippen molar-refractivity contribution in [2.24, 2.45) is 0 Å². The molecule has 0 saturated carbocycles. The first-order chi connectivity index (χ1) is 7.70. The molecule has 0 N–H and O–H groups in total. The van der Waals surface area contributed by atoms with Gasteiger partial charge >= 0.3 is 0 Å². The van der Waals surface area contributed by atoms with Gasteiger partial charge in [0.15, 0.2) is 0 Å². The quantitative estimate of drug-likeness (QED) is 0.754. The second-order valence-electron chi connectivity index (χ2n) is 4.06. The lowest BCUT2D eigenvalue weighted by atomic mass is 10.2. The molecule has 3 heteroatoms. The van der Waals surface area contributed by atoms with Gasteiger partial charge in [-0.1, -0.05) is 12.2 Å². The molecule has 16 heavy (non-hydrogen) atoms. The highest BCUT2D eigenvalue weighted by Crippen LogP contribution is 2.23. The molecule has 0 fully saturated rings. The molecule has 0 amide bonds. The fraction of sp³-hybridized carbons (Fsp3) is 0.308. The second-order valence-corrected chi connectivity index (χ2v) is 4.06. The van der Waals surface area contributed by atoms with Gasteiger partial charge in [-0.2, -0.15) is 0 Å². The van der Waals surface area contributed by atoms with E-state index in [0.717, 1.165) is 12.2 Å². The number of nitrogens with zero attached hydrogens (tertiary/aromatic N) is 3. The van der Waals surface area contributed by atoms with Gasteiger partial charge < -0.3 is 9.80 Å². The maximum absolute atomic E-state index is 4.15. The van der Waals surface area contributed by atoms with Crippen LogP contribution in [0.4, 0.5) is 5.69 Å². The van der Waals surface area contributed by atoms with Crippen molar-refractivity contribution in [1.82, 2.24) is 9.88 Å². The monoisotopic (exact) mass is 215 g/mol. The molecule has 1 aliphatic heterocycles. The maximum atomic E-state index is 4.15. The van der Waals surface area contributed by atoms with Gasteiger partial charge in [0.1, 0.15) is 5.82 Å². The molecule has 84 valence electrons. The predicted molar refractivity (Wildman–Crippen MR) is 67.1 cm³/mol. The number of allylic oxidation sites excluding steroid dienone is 2. The largest absolute Gasteiger partial charge is 0.357 e. The minimum Gasteiger partial charge on any atom is -0.357 e. The Hall–Kier alpha value is -1.77. The summed E-state index contributed by atoms with van der Waals surface area (Å²) in [5.41, 5.74) is 2.39. The van der Waals surface area contributed by atoms with Crippen LogP contribution in [-0.4, -0.2) is 30.5 Å². The van der Waals surface area contributed by atoms with Gasteiger partial charge in [-0.3, -0.25) is 4.98 Å². The molecule has 0 unspecified atom stereocenters. The van der Waals surface area contributed by atoms with Gasteiger partial charge in [-0.15, -0.1) is 0 Å². The van der Waals surface area contributed by atoms with Gasteiger partial charge in [0, 0.05) is 26.8 Å². The normalized spacial score (nSPS) is 15.6. The van der Waals surface area contributed by atoms with Crippen LogP contribution in [0.1, 0.15) is 6.92 Å². The number of pyridine rings is 1. The summed E-state index contributed by atoms with van der Waals surface area (Å²) in [5.74, 6) is 1.23. The molecular formula is C13H17N3. The lowest BCUT2D eigenvalue weighted by Crippen LogP contribution is -2.33. The molecular weight excluding hydrogens is 198 g/mol. The highest BCUT2D eigenvalue weighted by Gasteiger charge is 2.15. The Bertz CT molecular complexity index is 420. The van der Waals surface area contributed by atoms with E-state index in [1.807, 2.05) is 12.3 Å². The number of likely N-dealkylation sites (N-methyl/N-ethyl adjacent to an activating group) is 1. The Labute approximate surface area is 96.7 Å². The molecule has 1 aromatic heterocycles. The third-order valence-corrected chi connectivity index (χ3v) is 2.81. The van der Waals surface area contributed by atoms with Gasteiger partial charge in [0.05, 0.1) is 11.9 Å². The lowest BCUT2D eigenvalue weighted by molar-refractivity contribution is 0.441. The molecule has 0 saturated heterocycles. The van der Waals surface area contributed by atoms with Crippen molar-refractivity contribution in [3.63, 3.8) is 0 Å². The van der Waals surface area contributed by atoms with Crippen molar-refractivity contribution < 1.29 is 0 Å². The van der Waals surface area contributed by atoms with E-state index in [1.54, 1.807) is 6.20 Å². The fourth-order valence-corrected chi connectivity index (χ4v) is 2.04. The zero-order chi connectivity index (χ0) is 11.5. The van der Waals surface area contributed by atoms with Crippen LogP contribution in [0.25, 0.3) is 0 Å². The zero-order valence-corrected chi connectivity index (χ0v) is 10.0. The molecule has 0 spiro atoms. The third kappa shape index (κ3) is 1.94. The Morgan fingerprint density at radius 2 is 2.25 bits per heavy atom. The first kappa shape index (κ1) is 10.7. The lowest BCUT2D eigenvalue weighted by Gasteiger charge is -2.33. The Morgan fingerprint density at radius 1 is 1.44 bits per heavy atom. The summed E-state index contributed by atoms with van der Waals surface area (Å²) >= 11 is 0. The van der Waals surface area contributed by atoms with E-state index < -0.39 is 0 Å². The van der Waals surface area contributed by atoms with Crippen molar-refractivity contribution in [1.29, 1.82) is 0 Å². The number of hydrogen-bond acceptors (Lipinski definition) is 3. The fourth-order valence-electron chi connectivity index (χ4n) is 2.04. The summed E-state index contributed by atoms with van der Waals surface area (Å²) in [6, 6.07) is 4.03. The first-order valence-corrected chi connectivity index (χ1v) is 5.42. The second kappa shape index (κ2) is 4.39. The highest BCUT2D eigenvalue weighted by atomic mass is 15.3. The topological polar surface area (TPSA) is 19.4 Å². The zero-order valence-electron chi connectivity index (χ0n) is 10.0. The van der Waals surface area contributed by atoms with E-state index in [0.29, 0.717) is 0 Å². The van der Waals surface area contributed by atoms with Crippen molar-refractivity contribution in [2.45, 2.75) is 6.92 Å². The molecule has 0 atom stereocenters. The highest BCUT2D eigenvalue weighted by molar-refractivity contribution is 5.51. The van der Waals surface area contributed by atoms with Crippen LogP contribution in [0.3, 0.4) is 0 Å². The third-order valence-electron chi connectivity index (χ3n) is 2.81. The van der Waals surface area contributed by atoms with Gasteiger partial charge in [-0.05, 0) is 24.6 Å². The molecule has 0 bridgehead atoms. The summed E-state index contributed by atoms with van der Waals surface area (Å²) < 4.78 is 0. The van der Waals surface area contributed by atoms with Crippen LogP contribution >= 0.6 is 0 Å². The summed E-state index contributed by atoms with van der Waals surface area (Å²) in [6.45, 7) is 3.09. The van der Waals surface area contributed by atoms with E-state index >= 15 is 0 Å². The van der Waals surface area contributed by atoms with E-state index in [1.165, 1.54) is 11.4 Å². The standard InChI is InChI=1S/C13H17N3/c1-11-6-5-9-15(2)13(11)16(3)12-7-4-8-14-10-12/h4-8,10H,9H2,1-3H3. The van der Waals surface area contributed by atoms with Crippen LogP contribution < -0.4 is 4.90 Å². The Kier molecular flexibility index (Phi) is 2.95. The molecule has 1 aromatic rings. The number of rotatable bonds is 2. The predicted octanol–water partition coefficient (Wildman–Crippen LogP) is 2.25. The number of hydrogen-bond donors (Lipinski definition) is 0. The molecule has 0 radical (unpaired) electrons. The van der Waals surface area contributed by atoms with E-state index in [4.69, 9.17) is 0 Å². The van der Waals surface area contributed by atoms with Gasteiger partial charge in [0.2, 0.25) is 0 Å². The molecule has 0 aliphatic carbocycles. The van der Waals surface area contributed by atoms with E-state index in [-0.39, 0.29) is 0 Å². The summed E-state index contributed by atoms with van der Waals surface area (Å²) in [5, 5.41) is 0. The van der Waals surface area contributed by atoms with Crippen LogP contribution in [0.2, 0.25) is 0 Å². The smallest absolute Gasteiger partial charge is 0.111 e. The summed E-state index contributed by atoms with van der Waals surface area (Å²) in [4.78, 5) is 8.56. The average Bonchev–Trinajstić information content (AvgIpc) is 2.30. The van der Waals surface area contributed by atoms with Crippen molar-refractivity contribution >= 4 is 5.69 Å². The van der Waals surface area contributed by atoms with Gasteiger partial charge in [0.25, 0.3) is 0 Å². The molecule has 2 rings (SSSR count). The minimum absolute atomic E-state index is 0.956.